The maximum atomic E-state index is 13.8. The normalized spacial score (nSPS) is 18.8. The summed E-state index contributed by atoms with van der Waals surface area (Å²) in [6, 6.07) is 8.51. The second-order valence-electron chi connectivity index (χ2n) is 7.78. The van der Waals surface area contributed by atoms with Crippen LogP contribution in [0, 0.1) is 11.6 Å². The second kappa shape index (κ2) is 9.76. The predicted octanol–water partition coefficient (Wildman–Crippen LogP) is 3.66. The van der Waals surface area contributed by atoms with Crippen LogP contribution in [0.2, 0.25) is 0 Å². The molecule has 1 fully saturated rings. The quantitative estimate of drug-likeness (QED) is 0.563. The number of thiophene rings is 1. The lowest BCUT2D eigenvalue weighted by Gasteiger charge is -2.20. The largest absolute Gasteiger partial charge is 0.383 e. The Morgan fingerprint density at radius 1 is 1.25 bits per heavy atom. The number of hydrogen-bond acceptors (Lipinski definition) is 5. The van der Waals surface area contributed by atoms with E-state index in [-0.39, 0.29) is 12.0 Å². The van der Waals surface area contributed by atoms with Crippen LogP contribution in [0.4, 0.5) is 19.4 Å². The number of methoxy groups -OCH3 is 1. The van der Waals surface area contributed by atoms with E-state index in [9.17, 15) is 13.6 Å². The molecule has 1 aliphatic rings. The molecule has 0 aliphatic carbocycles. The first-order valence-electron chi connectivity index (χ1n) is 10.3. The van der Waals surface area contributed by atoms with Crippen molar-refractivity contribution in [2.75, 3.05) is 38.7 Å². The van der Waals surface area contributed by atoms with Crippen molar-refractivity contribution < 1.29 is 18.3 Å². The monoisotopic (exact) mass is 461 g/mol. The topological polar surface area (TPSA) is 71.4 Å². The molecule has 2 N–H and O–H groups in total. The van der Waals surface area contributed by atoms with Crippen LogP contribution in [0.15, 0.2) is 41.8 Å². The van der Waals surface area contributed by atoms with E-state index in [4.69, 9.17) is 4.74 Å². The fourth-order valence-electron chi connectivity index (χ4n) is 4.01. The molecular formula is C22H25F2N5O2S. The molecule has 32 heavy (non-hydrogen) atoms. The van der Waals surface area contributed by atoms with Gasteiger partial charge in [0.05, 0.1) is 17.5 Å². The Kier molecular flexibility index (Phi) is 6.83. The van der Waals surface area contributed by atoms with E-state index < -0.39 is 17.7 Å². The van der Waals surface area contributed by atoms with Gasteiger partial charge in [0.1, 0.15) is 23.1 Å². The Morgan fingerprint density at radius 2 is 2.03 bits per heavy atom. The lowest BCUT2D eigenvalue weighted by molar-refractivity contribution is 0.159. The molecule has 4 rings (SSSR count). The number of halogens is 2. The van der Waals surface area contributed by atoms with Crippen LogP contribution in [0.25, 0.3) is 10.6 Å². The van der Waals surface area contributed by atoms with Gasteiger partial charge >= 0.3 is 6.03 Å². The molecule has 1 aliphatic heterocycles. The van der Waals surface area contributed by atoms with Crippen molar-refractivity contribution >= 4 is 23.2 Å². The SMILES string of the molecule is COCCN1CC(NC(=O)Nc2cc(-c3cccs3)nn2C)C(c2cc(F)cc(F)c2)C1. The number of likely N-dealkylation sites (tertiary alicyclic amines) is 1. The molecule has 170 valence electrons. The van der Waals surface area contributed by atoms with Crippen molar-refractivity contribution in [2.45, 2.75) is 12.0 Å². The summed E-state index contributed by atoms with van der Waals surface area (Å²) >= 11 is 1.57. The number of nitrogens with one attached hydrogen (secondary N) is 2. The highest BCUT2D eigenvalue weighted by Crippen LogP contribution is 2.29. The van der Waals surface area contributed by atoms with Gasteiger partial charge in [0.25, 0.3) is 0 Å². The molecule has 2 amide bonds. The van der Waals surface area contributed by atoms with Gasteiger partial charge in [0, 0.05) is 51.8 Å². The molecule has 2 unspecified atom stereocenters. The summed E-state index contributed by atoms with van der Waals surface area (Å²) in [5, 5.41) is 12.2. The number of carbonyl (C=O) groups is 1. The predicted molar refractivity (Wildman–Crippen MR) is 120 cm³/mol. The summed E-state index contributed by atoms with van der Waals surface area (Å²) in [7, 11) is 3.38. The highest BCUT2D eigenvalue weighted by molar-refractivity contribution is 7.13. The number of benzene rings is 1. The van der Waals surface area contributed by atoms with E-state index in [0.717, 1.165) is 16.6 Å². The molecule has 0 radical (unpaired) electrons. The van der Waals surface area contributed by atoms with E-state index in [1.54, 1.807) is 30.2 Å². The summed E-state index contributed by atoms with van der Waals surface area (Å²) in [5.74, 6) is -0.964. The van der Waals surface area contributed by atoms with Crippen LogP contribution in [-0.2, 0) is 11.8 Å². The van der Waals surface area contributed by atoms with Gasteiger partial charge in [-0.25, -0.2) is 13.6 Å². The van der Waals surface area contributed by atoms with Gasteiger partial charge < -0.3 is 10.1 Å². The molecule has 3 heterocycles. The van der Waals surface area contributed by atoms with E-state index in [1.165, 1.54) is 12.1 Å². The first-order chi connectivity index (χ1) is 15.4. The van der Waals surface area contributed by atoms with Crippen LogP contribution in [0.1, 0.15) is 11.5 Å². The average molecular weight is 462 g/mol. The van der Waals surface area contributed by atoms with Crippen molar-refractivity contribution in [2.24, 2.45) is 7.05 Å². The van der Waals surface area contributed by atoms with E-state index in [1.807, 2.05) is 23.6 Å². The minimum atomic E-state index is -0.630. The van der Waals surface area contributed by atoms with E-state index in [0.29, 0.717) is 37.6 Å². The third-order valence-electron chi connectivity index (χ3n) is 5.53. The zero-order chi connectivity index (χ0) is 22.7. The lowest BCUT2D eigenvalue weighted by Crippen LogP contribution is -2.42. The number of rotatable bonds is 7. The van der Waals surface area contributed by atoms with Crippen LogP contribution < -0.4 is 10.6 Å². The summed E-state index contributed by atoms with van der Waals surface area (Å²) in [6.45, 7) is 2.30. The molecule has 1 saturated heterocycles. The number of amides is 2. The maximum Gasteiger partial charge on any atom is 0.320 e. The van der Waals surface area contributed by atoms with Crippen molar-refractivity contribution in [3.8, 4) is 10.6 Å². The van der Waals surface area contributed by atoms with Gasteiger partial charge in [0.15, 0.2) is 0 Å². The third-order valence-corrected chi connectivity index (χ3v) is 6.42. The number of ether oxygens (including phenoxy) is 1. The Bertz CT molecular complexity index is 1050. The molecule has 10 heteroatoms. The number of hydrogen-bond donors (Lipinski definition) is 2. The van der Waals surface area contributed by atoms with E-state index in [2.05, 4.69) is 20.6 Å². The van der Waals surface area contributed by atoms with Gasteiger partial charge in [-0.15, -0.1) is 11.3 Å². The van der Waals surface area contributed by atoms with Crippen LogP contribution in [-0.4, -0.2) is 60.1 Å². The smallest absolute Gasteiger partial charge is 0.320 e. The number of urea groups is 1. The van der Waals surface area contributed by atoms with Crippen molar-refractivity contribution in [3.05, 3.63) is 59.0 Å². The van der Waals surface area contributed by atoms with Gasteiger partial charge in [-0.2, -0.15) is 5.10 Å². The molecule has 3 aromatic rings. The Balaban J connectivity index is 1.48. The standard InChI is InChI=1S/C22H25F2N5O2S/c1-28-21(11-18(27-28)20-4-3-7-32-20)26-22(30)25-19-13-29(5-6-31-2)12-17(19)14-8-15(23)10-16(24)9-14/h3-4,7-11,17,19H,5-6,12-13H2,1-2H3,(H2,25,26,30). The molecule has 2 atom stereocenters. The first kappa shape index (κ1) is 22.4. The number of anilines is 1. The zero-order valence-corrected chi connectivity index (χ0v) is 18.7. The number of carbonyl (C=O) groups excluding carboxylic acids is 1. The highest BCUT2D eigenvalue weighted by Gasteiger charge is 2.35. The van der Waals surface area contributed by atoms with Gasteiger partial charge in [-0.3, -0.25) is 14.9 Å². The zero-order valence-electron chi connectivity index (χ0n) is 17.8. The second-order valence-corrected chi connectivity index (χ2v) is 8.73. The van der Waals surface area contributed by atoms with E-state index >= 15 is 0 Å². The molecule has 0 spiro atoms. The minimum absolute atomic E-state index is 0.254. The fourth-order valence-corrected chi connectivity index (χ4v) is 4.69. The number of aryl methyl sites for hydroxylation is 1. The first-order valence-corrected chi connectivity index (χ1v) is 11.1. The van der Waals surface area contributed by atoms with Gasteiger partial charge in [0.2, 0.25) is 0 Å². The molecule has 0 bridgehead atoms. The molecule has 1 aromatic carbocycles. The Labute approximate surface area is 189 Å². The van der Waals surface area contributed by atoms with Crippen LogP contribution in [0.3, 0.4) is 0 Å². The molecule has 7 nitrogen and oxygen atoms in total. The summed E-state index contributed by atoms with van der Waals surface area (Å²) < 4.78 is 34.4. The van der Waals surface area contributed by atoms with Crippen molar-refractivity contribution in [3.63, 3.8) is 0 Å². The Morgan fingerprint density at radius 3 is 2.72 bits per heavy atom. The summed E-state index contributed by atoms with van der Waals surface area (Å²) in [5.41, 5.74) is 1.30. The van der Waals surface area contributed by atoms with Crippen LogP contribution >= 0.6 is 11.3 Å². The maximum absolute atomic E-state index is 13.8. The Hall–Kier alpha value is -2.82. The average Bonchev–Trinajstić information content (AvgIpc) is 3.47. The highest BCUT2D eigenvalue weighted by atomic mass is 32.1. The summed E-state index contributed by atoms with van der Waals surface area (Å²) in [6.07, 6.45) is 0. The molecular weight excluding hydrogens is 436 g/mol. The summed E-state index contributed by atoms with van der Waals surface area (Å²) in [4.78, 5) is 15.9. The van der Waals surface area contributed by atoms with Gasteiger partial charge in [-0.05, 0) is 29.1 Å². The lowest BCUT2D eigenvalue weighted by atomic mass is 9.94. The van der Waals surface area contributed by atoms with Crippen molar-refractivity contribution in [1.82, 2.24) is 20.0 Å². The minimum Gasteiger partial charge on any atom is -0.383 e. The number of aromatic nitrogens is 2. The van der Waals surface area contributed by atoms with Gasteiger partial charge in [-0.1, -0.05) is 6.07 Å². The van der Waals surface area contributed by atoms with Crippen LogP contribution in [0.5, 0.6) is 0 Å². The number of nitrogens with zero attached hydrogens (tertiary/aromatic N) is 3. The fraction of sp³-hybridized carbons (Fsp3) is 0.364. The molecule has 0 saturated carbocycles. The van der Waals surface area contributed by atoms with Crippen molar-refractivity contribution in [1.29, 1.82) is 0 Å². The molecule has 2 aromatic heterocycles. The third kappa shape index (κ3) is 5.14.